The highest BCUT2D eigenvalue weighted by Crippen LogP contribution is 2.22. The first-order valence-electron chi connectivity index (χ1n) is 7.10. The summed E-state index contributed by atoms with van der Waals surface area (Å²) in [7, 11) is -0.194. The van der Waals surface area contributed by atoms with E-state index in [0.29, 0.717) is 17.2 Å². The van der Waals surface area contributed by atoms with Crippen molar-refractivity contribution >= 4 is 49.0 Å². The Morgan fingerprint density at radius 1 is 1.28 bits per heavy atom. The standard InChI is InChI=1S/C14H20BrFN6O2S/c1-18-12(14(19-2)20-6-7-21-25(3,23)24)13(17)22-9-4-5-11(16)10(15)8-9/h4-5,8,21H,6-7H2,1-3H3,(H2,17,22)(H,19,20). The van der Waals surface area contributed by atoms with Crippen molar-refractivity contribution < 1.29 is 12.8 Å². The molecular weight excluding hydrogens is 415 g/mol. The van der Waals surface area contributed by atoms with E-state index in [0.717, 1.165) is 6.26 Å². The van der Waals surface area contributed by atoms with Crippen LogP contribution in [0.15, 0.2) is 37.6 Å². The van der Waals surface area contributed by atoms with E-state index in [-0.39, 0.29) is 23.4 Å². The van der Waals surface area contributed by atoms with Crippen LogP contribution in [0.1, 0.15) is 0 Å². The lowest BCUT2D eigenvalue weighted by Gasteiger charge is -2.12. The van der Waals surface area contributed by atoms with Crippen molar-refractivity contribution in [2.45, 2.75) is 0 Å². The van der Waals surface area contributed by atoms with Crippen LogP contribution in [-0.2, 0) is 10.0 Å². The van der Waals surface area contributed by atoms with E-state index in [2.05, 4.69) is 40.9 Å². The Morgan fingerprint density at radius 2 is 1.96 bits per heavy atom. The van der Waals surface area contributed by atoms with Crippen LogP contribution in [0.2, 0.25) is 0 Å². The molecule has 4 N–H and O–H groups in total. The minimum Gasteiger partial charge on any atom is -0.382 e. The molecule has 1 rings (SSSR count). The fourth-order valence-corrected chi connectivity index (χ4v) is 2.61. The Labute approximate surface area is 154 Å². The summed E-state index contributed by atoms with van der Waals surface area (Å²) in [6.45, 7) is 0.463. The molecule has 0 unspecified atom stereocenters. The molecule has 1 aromatic rings. The molecule has 0 atom stereocenters. The van der Waals surface area contributed by atoms with Gasteiger partial charge in [-0.15, -0.1) is 0 Å². The smallest absolute Gasteiger partial charge is 0.208 e. The van der Waals surface area contributed by atoms with Crippen molar-refractivity contribution in [2.75, 3.05) is 33.4 Å². The number of nitrogens with one attached hydrogen (secondary N) is 2. The zero-order valence-corrected chi connectivity index (χ0v) is 16.4. The highest BCUT2D eigenvalue weighted by molar-refractivity contribution is 9.10. The fraction of sp³-hybridized carbons (Fsp3) is 0.357. The quantitative estimate of drug-likeness (QED) is 0.334. The molecule has 138 valence electrons. The molecule has 0 saturated heterocycles. The minimum atomic E-state index is -3.26. The first-order chi connectivity index (χ1) is 11.7. The number of aliphatic imine (C=N–C) groups is 3. The van der Waals surface area contributed by atoms with Crippen molar-refractivity contribution in [3.05, 3.63) is 28.5 Å². The summed E-state index contributed by atoms with van der Waals surface area (Å²) in [5.41, 5.74) is 6.73. The van der Waals surface area contributed by atoms with Crippen LogP contribution < -0.4 is 15.8 Å². The maximum atomic E-state index is 13.3. The normalized spacial score (nSPS) is 13.9. The Hall–Kier alpha value is -1.85. The second-order valence-electron chi connectivity index (χ2n) is 4.83. The molecule has 25 heavy (non-hydrogen) atoms. The average molecular weight is 435 g/mol. The molecule has 0 spiro atoms. The van der Waals surface area contributed by atoms with Gasteiger partial charge in [0.15, 0.2) is 5.84 Å². The van der Waals surface area contributed by atoms with Gasteiger partial charge in [0.05, 0.1) is 16.4 Å². The predicted molar refractivity (Wildman–Crippen MR) is 103 cm³/mol. The third kappa shape index (κ3) is 7.28. The van der Waals surface area contributed by atoms with Gasteiger partial charge < -0.3 is 11.1 Å². The van der Waals surface area contributed by atoms with E-state index in [1.165, 1.54) is 25.2 Å². The number of nitrogens with two attached hydrogens (primary N) is 1. The minimum absolute atomic E-state index is 0.0881. The molecule has 11 heteroatoms. The van der Waals surface area contributed by atoms with Crippen LogP contribution in [0, 0.1) is 5.82 Å². The SMILES string of the molecule is CN=C(NCCNS(C)(=O)=O)C(=NC)C(N)=Nc1ccc(F)c(Br)c1. The molecule has 0 aliphatic rings. The van der Waals surface area contributed by atoms with Gasteiger partial charge >= 0.3 is 0 Å². The number of hydrogen-bond acceptors (Lipinski definition) is 5. The van der Waals surface area contributed by atoms with Gasteiger partial charge in [-0.25, -0.2) is 22.5 Å². The Bertz CT molecular complexity index is 808. The molecule has 0 amide bonds. The van der Waals surface area contributed by atoms with Gasteiger partial charge in [-0.2, -0.15) is 0 Å². The first-order valence-corrected chi connectivity index (χ1v) is 9.78. The number of halogens is 2. The number of rotatable bonds is 7. The van der Waals surface area contributed by atoms with E-state index in [4.69, 9.17) is 5.73 Å². The zero-order chi connectivity index (χ0) is 19.0. The van der Waals surface area contributed by atoms with E-state index in [1.54, 1.807) is 7.05 Å². The highest BCUT2D eigenvalue weighted by atomic mass is 79.9. The van der Waals surface area contributed by atoms with Crippen molar-refractivity contribution in [2.24, 2.45) is 20.7 Å². The summed E-state index contributed by atoms with van der Waals surface area (Å²) in [6, 6.07) is 4.23. The predicted octanol–water partition coefficient (Wildman–Crippen LogP) is 0.815. The summed E-state index contributed by atoms with van der Waals surface area (Å²) in [6.07, 6.45) is 1.08. The van der Waals surface area contributed by atoms with Crippen LogP contribution >= 0.6 is 15.9 Å². The summed E-state index contributed by atoms with van der Waals surface area (Å²) in [5, 5.41) is 2.94. The van der Waals surface area contributed by atoms with Crippen LogP contribution in [0.3, 0.4) is 0 Å². The van der Waals surface area contributed by atoms with Crippen molar-refractivity contribution in [3.63, 3.8) is 0 Å². The van der Waals surface area contributed by atoms with Crippen LogP contribution in [0.25, 0.3) is 0 Å². The number of benzene rings is 1. The van der Waals surface area contributed by atoms with E-state index in [9.17, 15) is 12.8 Å². The maximum Gasteiger partial charge on any atom is 0.208 e. The molecule has 0 heterocycles. The fourth-order valence-electron chi connectivity index (χ4n) is 1.77. The summed E-state index contributed by atoms with van der Waals surface area (Å²) in [4.78, 5) is 12.3. The van der Waals surface area contributed by atoms with Crippen molar-refractivity contribution in [1.29, 1.82) is 0 Å². The van der Waals surface area contributed by atoms with E-state index in [1.807, 2.05) is 0 Å². The number of amidine groups is 2. The molecule has 0 aliphatic heterocycles. The van der Waals surface area contributed by atoms with Crippen LogP contribution in [0.5, 0.6) is 0 Å². The molecule has 0 aliphatic carbocycles. The largest absolute Gasteiger partial charge is 0.382 e. The van der Waals surface area contributed by atoms with Crippen molar-refractivity contribution in [1.82, 2.24) is 10.0 Å². The number of hydrogen-bond donors (Lipinski definition) is 3. The molecule has 0 aromatic heterocycles. The third-order valence-electron chi connectivity index (χ3n) is 2.85. The van der Waals surface area contributed by atoms with Gasteiger partial charge in [0.1, 0.15) is 17.4 Å². The number of sulfonamides is 1. The van der Waals surface area contributed by atoms with Crippen LogP contribution in [-0.4, -0.2) is 59.2 Å². The van der Waals surface area contributed by atoms with Gasteiger partial charge in [0.2, 0.25) is 10.0 Å². The maximum absolute atomic E-state index is 13.3. The molecule has 1 aromatic carbocycles. The molecule has 0 fully saturated rings. The molecule has 0 saturated carbocycles. The van der Waals surface area contributed by atoms with Gasteiger partial charge in [-0.05, 0) is 34.1 Å². The zero-order valence-electron chi connectivity index (χ0n) is 14.0. The average Bonchev–Trinajstić information content (AvgIpc) is 2.52. The lowest BCUT2D eigenvalue weighted by molar-refractivity contribution is 0.587. The topological polar surface area (TPSA) is 121 Å². The van der Waals surface area contributed by atoms with E-state index < -0.39 is 15.8 Å². The van der Waals surface area contributed by atoms with Gasteiger partial charge in [-0.1, -0.05) is 0 Å². The second-order valence-corrected chi connectivity index (χ2v) is 7.52. The van der Waals surface area contributed by atoms with Crippen LogP contribution in [0.4, 0.5) is 10.1 Å². The lowest BCUT2D eigenvalue weighted by atomic mass is 10.2. The van der Waals surface area contributed by atoms with Crippen molar-refractivity contribution in [3.8, 4) is 0 Å². The summed E-state index contributed by atoms with van der Waals surface area (Å²) < 4.78 is 38.0. The second kappa shape index (κ2) is 9.59. The van der Waals surface area contributed by atoms with E-state index >= 15 is 0 Å². The monoisotopic (exact) mass is 434 g/mol. The molecule has 8 nitrogen and oxygen atoms in total. The molecular formula is C14H20BrFN6O2S. The highest BCUT2D eigenvalue weighted by Gasteiger charge is 2.13. The summed E-state index contributed by atoms with van der Waals surface area (Å²) >= 11 is 3.08. The molecule has 0 bridgehead atoms. The Kier molecular flexibility index (Phi) is 8.13. The number of nitrogens with zero attached hydrogens (tertiary/aromatic N) is 3. The third-order valence-corrected chi connectivity index (χ3v) is 4.18. The lowest BCUT2D eigenvalue weighted by Crippen LogP contribution is -2.42. The van der Waals surface area contributed by atoms with Gasteiger partial charge in [0.25, 0.3) is 0 Å². The van der Waals surface area contributed by atoms with Gasteiger partial charge in [-0.3, -0.25) is 9.98 Å². The summed E-state index contributed by atoms with van der Waals surface area (Å²) in [5.74, 6) is 0.0446. The Balaban J connectivity index is 2.86. The Morgan fingerprint density at radius 3 is 2.48 bits per heavy atom. The molecule has 0 radical (unpaired) electrons. The van der Waals surface area contributed by atoms with Gasteiger partial charge in [0, 0.05) is 27.2 Å². The first kappa shape index (κ1) is 21.2.